The molecule has 1 N–H and O–H groups in total. The molecule has 18 heavy (non-hydrogen) atoms. The smallest absolute Gasteiger partial charge is 0.127 e. The molecule has 0 aliphatic carbocycles. The molecule has 3 nitrogen and oxygen atoms in total. The molecule has 0 aromatic carbocycles. The van der Waals surface area contributed by atoms with Crippen LogP contribution in [-0.4, -0.2) is 24.1 Å². The summed E-state index contributed by atoms with van der Waals surface area (Å²) in [5, 5.41) is 3.36. The van der Waals surface area contributed by atoms with Crippen LogP contribution in [0.3, 0.4) is 0 Å². The van der Waals surface area contributed by atoms with Crippen molar-refractivity contribution in [2.24, 2.45) is 5.92 Å². The zero-order valence-corrected chi connectivity index (χ0v) is 11.8. The summed E-state index contributed by atoms with van der Waals surface area (Å²) in [6.07, 6.45) is 5.63. The van der Waals surface area contributed by atoms with E-state index in [0.29, 0.717) is 6.04 Å². The molecule has 0 bridgehead atoms. The van der Waals surface area contributed by atoms with Crippen LogP contribution in [0.2, 0.25) is 0 Å². The van der Waals surface area contributed by atoms with Crippen molar-refractivity contribution < 1.29 is 0 Å². The SMILES string of the molecule is CCCNc1cc(N2CCC(C)CC2C)ccn1. The van der Waals surface area contributed by atoms with Gasteiger partial charge in [-0.05, 0) is 38.2 Å². The Morgan fingerprint density at radius 1 is 1.44 bits per heavy atom. The predicted molar refractivity (Wildman–Crippen MR) is 78.2 cm³/mol. The first-order valence-electron chi connectivity index (χ1n) is 7.17. The number of pyridine rings is 1. The molecule has 100 valence electrons. The summed E-state index contributed by atoms with van der Waals surface area (Å²) in [4.78, 5) is 6.89. The monoisotopic (exact) mass is 247 g/mol. The minimum Gasteiger partial charge on any atom is -0.370 e. The maximum atomic E-state index is 4.37. The lowest BCUT2D eigenvalue weighted by molar-refractivity contribution is 0.378. The number of piperidine rings is 1. The first-order chi connectivity index (χ1) is 8.70. The second kappa shape index (κ2) is 6.07. The van der Waals surface area contributed by atoms with Crippen LogP contribution in [0.25, 0.3) is 0 Å². The summed E-state index contributed by atoms with van der Waals surface area (Å²) in [7, 11) is 0. The Morgan fingerprint density at radius 3 is 3.00 bits per heavy atom. The number of hydrogen-bond acceptors (Lipinski definition) is 3. The molecule has 2 unspecified atom stereocenters. The van der Waals surface area contributed by atoms with Gasteiger partial charge in [0.05, 0.1) is 0 Å². The average Bonchev–Trinajstić information content (AvgIpc) is 2.36. The van der Waals surface area contributed by atoms with Gasteiger partial charge in [0.15, 0.2) is 0 Å². The first-order valence-corrected chi connectivity index (χ1v) is 7.17. The predicted octanol–water partition coefficient (Wildman–Crippen LogP) is 3.53. The molecule has 1 aliphatic rings. The third kappa shape index (κ3) is 3.15. The van der Waals surface area contributed by atoms with E-state index in [1.165, 1.54) is 25.1 Å². The number of nitrogens with one attached hydrogen (secondary N) is 1. The Morgan fingerprint density at radius 2 is 2.28 bits per heavy atom. The van der Waals surface area contributed by atoms with Crippen molar-refractivity contribution in [1.82, 2.24) is 4.98 Å². The molecule has 0 spiro atoms. The highest BCUT2D eigenvalue weighted by Crippen LogP contribution is 2.28. The lowest BCUT2D eigenvalue weighted by atomic mass is 9.93. The standard InChI is InChI=1S/C15H25N3/c1-4-7-16-15-11-14(5-8-17-15)18-9-6-12(2)10-13(18)3/h5,8,11-13H,4,6-7,9-10H2,1-3H3,(H,16,17). The molecular formula is C15H25N3. The van der Waals surface area contributed by atoms with E-state index in [2.05, 4.69) is 48.1 Å². The van der Waals surface area contributed by atoms with Crippen molar-refractivity contribution in [3.63, 3.8) is 0 Å². The van der Waals surface area contributed by atoms with Crippen molar-refractivity contribution in [2.75, 3.05) is 23.3 Å². The number of rotatable bonds is 4. The largest absolute Gasteiger partial charge is 0.370 e. The average molecular weight is 247 g/mol. The number of hydrogen-bond donors (Lipinski definition) is 1. The number of aromatic nitrogens is 1. The van der Waals surface area contributed by atoms with E-state index in [1.54, 1.807) is 0 Å². The maximum absolute atomic E-state index is 4.37. The summed E-state index contributed by atoms with van der Waals surface area (Å²) in [6, 6.07) is 4.95. The minimum atomic E-state index is 0.634. The third-order valence-electron chi connectivity index (χ3n) is 3.77. The van der Waals surface area contributed by atoms with Crippen molar-refractivity contribution in [2.45, 2.75) is 46.1 Å². The summed E-state index contributed by atoms with van der Waals surface area (Å²) < 4.78 is 0. The molecule has 2 rings (SSSR count). The van der Waals surface area contributed by atoms with Gasteiger partial charge in [-0.25, -0.2) is 4.98 Å². The van der Waals surface area contributed by atoms with Gasteiger partial charge in [0.2, 0.25) is 0 Å². The van der Waals surface area contributed by atoms with Gasteiger partial charge in [0.1, 0.15) is 5.82 Å². The van der Waals surface area contributed by atoms with Crippen molar-refractivity contribution in [3.8, 4) is 0 Å². The fraction of sp³-hybridized carbons (Fsp3) is 0.667. The molecule has 0 saturated carbocycles. The molecule has 0 radical (unpaired) electrons. The maximum Gasteiger partial charge on any atom is 0.127 e. The van der Waals surface area contributed by atoms with Crippen LogP contribution >= 0.6 is 0 Å². The van der Waals surface area contributed by atoms with Crippen LogP contribution in [-0.2, 0) is 0 Å². The fourth-order valence-electron chi connectivity index (χ4n) is 2.74. The Hall–Kier alpha value is -1.25. The highest BCUT2D eigenvalue weighted by atomic mass is 15.2. The van der Waals surface area contributed by atoms with E-state index < -0.39 is 0 Å². The van der Waals surface area contributed by atoms with E-state index in [4.69, 9.17) is 0 Å². The molecule has 1 aromatic rings. The van der Waals surface area contributed by atoms with Gasteiger partial charge in [0.25, 0.3) is 0 Å². The van der Waals surface area contributed by atoms with Crippen molar-refractivity contribution >= 4 is 11.5 Å². The topological polar surface area (TPSA) is 28.2 Å². The summed E-state index contributed by atoms with van der Waals surface area (Å²) >= 11 is 0. The van der Waals surface area contributed by atoms with Gasteiger partial charge < -0.3 is 10.2 Å². The van der Waals surface area contributed by atoms with Gasteiger partial charge in [-0.1, -0.05) is 13.8 Å². The summed E-state index contributed by atoms with van der Waals surface area (Å²) in [5.74, 6) is 1.86. The van der Waals surface area contributed by atoms with Crippen molar-refractivity contribution in [3.05, 3.63) is 18.3 Å². The molecule has 0 amide bonds. The summed E-state index contributed by atoms with van der Waals surface area (Å²) in [5.41, 5.74) is 1.31. The lowest BCUT2D eigenvalue weighted by Gasteiger charge is -2.38. The Kier molecular flexibility index (Phi) is 4.45. The highest BCUT2D eigenvalue weighted by Gasteiger charge is 2.23. The minimum absolute atomic E-state index is 0.634. The van der Waals surface area contributed by atoms with Gasteiger partial charge >= 0.3 is 0 Å². The van der Waals surface area contributed by atoms with E-state index >= 15 is 0 Å². The Labute approximate surface area is 111 Å². The first kappa shape index (κ1) is 13.2. The molecular weight excluding hydrogens is 222 g/mol. The quantitative estimate of drug-likeness (QED) is 0.882. The third-order valence-corrected chi connectivity index (χ3v) is 3.77. The fourth-order valence-corrected chi connectivity index (χ4v) is 2.74. The Balaban J connectivity index is 2.07. The number of nitrogens with zero attached hydrogens (tertiary/aromatic N) is 2. The second-order valence-electron chi connectivity index (χ2n) is 5.50. The molecule has 3 heteroatoms. The van der Waals surface area contributed by atoms with E-state index in [1.807, 2.05) is 6.20 Å². The van der Waals surface area contributed by atoms with E-state index in [0.717, 1.165) is 24.7 Å². The highest BCUT2D eigenvalue weighted by molar-refractivity contribution is 5.54. The molecule has 1 aliphatic heterocycles. The molecule has 2 heterocycles. The molecule has 2 atom stereocenters. The number of anilines is 2. The van der Waals surface area contributed by atoms with Crippen LogP contribution in [0.4, 0.5) is 11.5 Å². The van der Waals surface area contributed by atoms with Gasteiger partial charge in [0, 0.05) is 37.1 Å². The van der Waals surface area contributed by atoms with Gasteiger partial charge in [-0.15, -0.1) is 0 Å². The molecule has 1 fully saturated rings. The van der Waals surface area contributed by atoms with Gasteiger partial charge in [-0.3, -0.25) is 0 Å². The van der Waals surface area contributed by atoms with Crippen LogP contribution < -0.4 is 10.2 Å². The zero-order chi connectivity index (χ0) is 13.0. The molecule has 1 saturated heterocycles. The van der Waals surface area contributed by atoms with Crippen LogP contribution in [0.15, 0.2) is 18.3 Å². The van der Waals surface area contributed by atoms with Gasteiger partial charge in [-0.2, -0.15) is 0 Å². The zero-order valence-electron chi connectivity index (χ0n) is 11.8. The van der Waals surface area contributed by atoms with Crippen molar-refractivity contribution in [1.29, 1.82) is 0 Å². The van der Waals surface area contributed by atoms with E-state index in [-0.39, 0.29) is 0 Å². The van der Waals surface area contributed by atoms with Crippen LogP contribution in [0, 0.1) is 5.92 Å². The van der Waals surface area contributed by atoms with Crippen LogP contribution in [0.1, 0.15) is 40.0 Å². The van der Waals surface area contributed by atoms with Crippen LogP contribution in [0.5, 0.6) is 0 Å². The lowest BCUT2D eigenvalue weighted by Crippen LogP contribution is -2.40. The molecule has 1 aromatic heterocycles. The Bertz CT molecular complexity index is 378. The summed E-state index contributed by atoms with van der Waals surface area (Å²) in [6.45, 7) is 9.01. The normalized spacial score (nSPS) is 24.1. The van der Waals surface area contributed by atoms with E-state index in [9.17, 15) is 0 Å². The second-order valence-corrected chi connectivity index (χ2v) is 5.50.